The largest absolute Gasteiger partial charge is 0.475 e. The first-order valence-electron chi connectivity index (χ1n) is 38.5. The minimum Gasteiger partial charge on any atom is -0.475 e. The molecule has 1 aromatic heterocycles. The van der Waals surface area contributed by atoms with Crippen LogP contribution in [0.1, 0.15) is 190 Å². The summed E-state index contributed by atoms with van der Waals surface area (Å²) in [5.41, 5.74) is -3.44. The highest BCUT2D eigenvalue weighted by molar-refractivity contribution is 7.91. The lowest BCUT2D eigenvalue weighted by Crippen LogP contribution is -2.50. The van der Waals surface area contributed by atoms with Gasteiger partial charge in [0.15, 0.2) is 17.5 Å². The van der Waals surface area contributed by atoms with Crippen LogP contribution in [0.4, 0.5) is 14.5 Å². The predicted molar refractivity (Wildman–Crippen MR) is 398 cm³/mol. The van der Waals surface area contributed by atoms with Gasteiger partial charge in [0.05, 0.1) is 70.6 Å². The zero-order valence-electron chi connectivity index (χ0n) is 63.7. The van der Waals surface area contributed by atoms with E-state index in [1.54, 1.807) is 64.1 Å². The van der Waals surface area contributed by atoms with Crippen LogP contribution in [-0.2, 0) is 69.1 Å². The Kier molecular flexibility index (Phi) is 21.6. The Morgan fingerprint density at radius 3 is 1.80 bits per heavy atom. The second kappa shape index (κ2) is 29.5. The van der Waals surface area contributed by atoms with Gasteiger partial charge < -0.3 is 33.5 Å². The molecule has 6 saturated carbocycles. The number of nitrogens with one attached hydrogen (secondary N) is 1. The average Bonchev–Trinajstić information content (AvgIpc) is 1.56. The number of alkyl halides is 2. The molecule has 1 unspecified atom stereocenters. The Hall–Kier alpha value is -7.12. The molecule has 108 heavy (non-hydrogen) atoms. The number of carbonyl (C=O) groups is 8. The monoisotopic (exact) mass is 1550 g/mol. The number of hydrogen-bond acceptors (Lipinski definition) is 18. The number of hydrogen-bond donors (Lipinski definition) is 1. The molecule has 0 spiro atoms. The van der Waals surface area contributed by atoms with E-state index in [2.05, 4.69) is 6.08 Å². The Morgan fingerprint density at radius 2 is 1.24 bits per heavy atom. The van der Waals surface area contributed by atoms with Gasteiger partial charge in [-0.1, -0.05) is 103 Å². The number of amides is 3. The van der Waals surface area contributed by atoms with Gasteiger partial charge in [0.25, 0.3) is 11.6 Å². The lowest BCUT2D eigenvalue weighted by Gasteiger charge is -2.35. The maximum Gasteiger partial charge on any atom is 0.329 e. The van der Waals surface area contributed by atoms with E-state index >= 15 is 0 Å². The molecule has 3 amide bonds. The lowest BCUT2D eigenvalue weighted by atomic mass is 9.77. The van der Waals surface area contributed by atoms with E-state index in [0.717, 1.165) is 44.9 Å². The zero-order chi connectivity index (χ0) is 78.0. The van der Waals surface area contributed by atoms with Crippen LogP contribution >= 0.6 is 23.2 Å². The molecule has 2 aromatic carbocycles. The summed E-state index contributed by atoms with van der Waals surface area (Å²) in [5, 5.41) is 1.20. The number of Topliss-reactive ketones (excluding diaryl/α,β-unsaturated/α-hetero) is 2. The van der Waals surface area contributed by atoms with Crippen molar-refractivity contribution in [1.82, 2.24) is 24.1 Å². The predicted octanol–water partition coefficient (Wildman–Crippen LogP) is 13.0. The number of fused-ring (bicyclic) bond motifs is 14. The number of carbonyl (C=O) groups excluding carboxylic acids is 8. The van der Waals surface area contributed by atoms with Gasteiger partial charge in [-0.15, -0.1) is 0 Å². The number of nitrogens with zero attached hydrogens (tertiary/aromatic N) is 5. The Balaban J connectivity index is 0.000000195. The van der Waals surface area contributed by atoms with Crippen LogP contribution in [0.3, 0.4) is 0 Å². The molecular formula is C81H102Cl2F2N6O16S. The van der Waals surface area contributed by atoms with Gasteiger partial charge in [0, 0.05) is 46.3 Å². The fraction of sp³-hybridized carbons (Fsp3) is 0.667. The van der Waals surface area contributed by atoms with Crippen molar-refractivity contribution in [2.75, 3.05) is 13.1 Å². The molecule has 5 aliphatic heterocycles. The summed E-state index contributed by atoms with van der Waals surface area (Å²) in [6.45, 7) is 21.6. The van der Waals surface area contributed by atoms with Crippen LogP contribution in [0.15, 0.2) is 70.5 Å². The molecule has 586 valence electrons. The molecular weight excluding hydrogens is 1450 g/mol. The Labute approximate surface area is 640 Å². The molecule has 1 N–H and O–H groups in total. The molecule has 27 heteroatoms. The van der Waals surface area contributed by atoms with Crippen LogP contribution in [0.2, 0.25) is 10.0 Å². The molecule has 6 aliphatic carbocycles. The summed E-state index contributed by atoms with van der Waals surface area (Å²) in [7, 11) is -4.22. The summed E-state index contributed by atoms with van der Waals surface area (Å²) < 4.78 is 88.6. The highest BCUT2D eigenvalue weighted by Crippen LogP contribution is 2.61. The van der Waals surface area contributed by atoms with Crippen molar-refractivity contribution in [3.63, 3.8) is 0 Å². The number of sulfonamides is 1. The zero-order valence-corrected chi connectivity index (χ0v) is 66.0. The molecule has 3 aromatic rings. The first-order chi connectivity index (χ1) is 50.6. The third-order valence-corrected chi connectivity index (χ3v) is 27.9. The number of rotatable bonds is 8. The van der Waals surface area contributed by atoms with Crippen molar-refractivity contribution >= 4 is 103 Å². The van der Waals surface area contributed by atoms with E-state index in [0.29, 0.717) is 75.1 Å². The number of aliphatic imine (C=N–C) groups is 1. The van der Waals surface area contributed by atoms with E-state index in [9.17, 15) is 60.3 Å². The third-order valence-electron chi connectivity index (χ3n) is 25.2. The van der Waals surface area contributed by atoms with E-state index < -0.39 is 145 Å². The number of benzene rings is 2. The van der Waals surface area contributed by atoms with Crippen molar-refractivity contribution in [3.8, 4) is 6.01 Å². The molecule has 19 atom stereocenters. The normalized spacial score (nSPS) is 34.5. The highest BCUT2D eigenvalue weighted by atomic mass is 35.5. The van der Waals surface area contributed by atoms with E-state index in [1.807, 2.05) is 71.4 Å². The quantitative estimate of drug-likeness (QED) is 0.125. The summed E-state index contributed by atoms with van der Waals surface area (Å²) in [6.07, 6.45) is 9.15. The fourth-order valence-electron chi connectivity index (χ4n) is 18.2. The summed E-state index contributed by atoms with van der Waals surface area (Å²) in [6, 6.07) is 7.52. The van der Waals surface area contributed by atoms with Crippen LogP contribution in [-0.4, -0.2) is 147 Å². The molecule has 8 fully saturated rings. The SMILES string of the molecule is C[C@@H]1[C@@H]2CN(C(=O)[C@H](C(C)(C)C)CC(=O)O[C@@H]3C[C@@H]4C[C@@H]4[C@H]3CC/C=C/CC3C(=O)c4ccc(Cl)cc4N=C3O2)[C@@H]1C(=O)C[C@]1(C(=O)NS(=O)(=O)C2(C)CC2)C[C@H]1C(F)F.C[C@@H]1[C@@H]2CN(C(=O)[C@H](C(C)(C)C)CC(=O)O[C@@H]3C[C@@H]4C[C@@H]4[C@H]3CC/C=C/Cn3c(nc4cc(Cl)ccc4c3=O)O2)[C@@H]1C(=O)OC(C)(C)C. The molecule has 6 heterocycles. The summed E-state index contributed by atoms with van der Waals surface area (Å²) >= 11 is 12.6. The van der Waals surface area contributed by atoms with E-state index in [1.165, 1.54) is 21.3 Å². The minimum atomic E-state index is -4.22. The highest BCUT2D eigenvalue weighted by Gasteiger charge is 2.68. The van der Waals surface area contributed by atoms with Crippen molar-refractivity contribution in [2.45, 2.75) is 239 Å². The molecule has 22 nitrogen and oxygen atoms in total. The van der Waals surface area contributed by atoms with Crippen molar-refractivity contribution < 1.29 is 79.2 Å². The van der Waals surface area contributed by atoms with Gasteiger partial charge in [-0.05, 0) is 187 Å². The number of aromatic nitrogens is 2. The molecule has 14 rings (SSSR count). The number of ether oxygens (including phenoxy) is 5. The fourth-order valence-corrected chi connectivity index (χ4v) is 19.9. The van der Waals surface area contributed by atoms with Gasteiger partial charge in [0.2, 0.25) is 34.2 Å². The van der Waals surface area contributed by atoms with Gasteiger partial charge in [0.1, 0.15) is 42.0 Å². The van der Waals surface area contributed by atoms with Crippen LogP contribution in [0.5, 0.6) is 6.01 Å². The van der Waals surface area contributed by atoms with Gasteiger partial charge in [-0.2, -0.15) is 4.98 Å². The number of halogens is 4. The van der Waals surface area contributed by atoms with Crippen molar-refractivity contribution in [3.05, 3.63) is 86.7 Å². The van der Waals surface area contributed by atoms with Crippen LogP contribution in [0.25, 0.3) is 10.9 Å². The maximum absolute atomic E-state index is 15.0. The lowest BCUT2D eigenvalue weighted by molar-refractivity contribution is -0.167. The molecule has 4 bridgehead atoms. The number of ketones is 2. The van der Waals surface area contributed by atoms with Crippen molar-refractivity contribution in [1.29, 1.82) is 0 Å². The number of esters is 3. The topological polar surface area (TPSA) is 283 Å². The Morgan fingerprint density at radius 1 is 0.694 bits per heavy atom. The van der Waals surface area contributed by atoms with Gasteiger partial charge in [-0.3, -0.25) is 47.6 Å². The van der Waals surface area contributed by atoms with Crippen LogP contribution < -0.4 is 15.0 Å². The van der Waals surface area contributed by atoms with E-state index in [4.69, 9.17) is 56.9 Å². The summed E-state index contributed by atoms with van der Waals surface area (Å²) in [5.74, 6) is -7.36. The standard InChI is InChI=1S/C44H54ClF2N3O9S.C37H48ClN3O7/c1-22-34-21-50(36(22)32(51)20-44(19-30(44)38(46)47)41(55)49-60(56,57)43(5)13-14-43)40(54)29(42(2,3)4)18-35(52)58-33-16-23-15-28(23)25(33)9-7-6-8-10-27-37(53)26-12-11-24(45)17-31(26)48-39(27)59-34;1-20-29-19-41(31(20)34(45)48-37(5,6)7)33(44)26(36(2,3)4)18-30(42)46-28-16-21-15-25(21)23(28)11-9-8-10-14-40-32(43)24-13-12-22(38)17-27(24)39-35(40)47-29/h6,8,11-12,17,22-23,25,27-30,33-34,36,38H,7,9-10,13-16,18-21H2,1-5H3,(H,49,55);8,10,12-13,17,20-21,23,25-26,28-29,31H,9,11,14-16,18-19H2,1-7H3/b8-6+;10-8+/t22-,23+,25-,27?,28+,29-,30+,33-,34+,36+,44-;20-,21+,23-,25+,26-,28-,29+,31+/m11/s1. The third kappa shape index (κ3) is 16.1. The van der Waals surface area contributed by atoms with Crippen LogP contribution in [0, 0.1) is 87.3 Å². The first-order valence-corrected chi connectivity index (χ1v) is 40.8. The summed E-state index contributed by atoms with van der Waals surface area (Å²) in [4.78, 5) is 139. The van der Waals surface area contributed by atoms with Gasteiger partial charge in [-0.25, -0.2) is 27.0 Å². The first kappa shape index (κ1) is 79.0. The van der Waals surface area contributed by atoms with E-state index in [-0.39, 0.29) is 98.1 Å². The maximum atomic E-state index is 15.0. The van der Waals surface area contributed by atoms with Gasteiger partial charge >= 0.3 is 17.9 Å². The smallest absolute Gasteiger partial charge is 0.329 e. The average molecular weight is 1560 g/mol. The second-order valence-electron chi connectivity index (χ2n) is 36.0. The molecule has 2 saturated heterocycles. The minimum absolute atomic E-state index is 0.0406. The molecule has 0 radical (unpaired) electrons. The Bertz CT molecular complexity index is 4410. The molecule has 11 aliphatic rings. The second-order valence-corrected chi connectivity index (χ2v) is 39.1. The van der Waals surface area contributed by atoms with Crippen molar-refractivity contribution in [2.24, 2.45) is 92.3 Å². The number of allylic oxidation sites excluding steroid dienone is 4.